The van der Waals surface area contributed by atoms with Crippen LogP contribution in [0.3, 0.4) is 0 Å². The van der Waals surface area contributed by atoms with Crippen molar-refractivity contribution in [2.75, 3.05) is 12.3 Å². The molecule has 3 rings (SSSR count). The Morgan fingerprint density at radius 3 is 1.79 bits per heavy atom. The van der Waals surface area contributed by atoms with Gasteiger partial charge in [0, 0.05) is 36.2 Å². The van der Waals surface area contributed by atoms with Gasteiger partial charge in [0.05, 0.1) is 26.7 Å². The minimum absolute atomic E-state index is 0.00677. The highest BCUT2D eigenvalue weighted by molar-refractivity contribution is 7.85. The van der Waals surface area contributed by atoms with Gasteiger partial charge < -0.3 is 0 Å². The number of carbonyl (C=O) groups excluding carboxylic acids is 2. The molecule has 2 amide bonds. The molecule has 146 valence electrons. The van der Waals surface area contributed by atoms with E-state index in [-0.39, 0.29) is 28.3 Å². The molecule has 0 saturated heterocycles. The number of nitro benzene ring substituents is 2. The van der Waals surface area contributed by atoms with Crippen LogP contribution >= 0.6 is 0 Å². The smallest absolute Gasteiger partial charge is 0.270 e. The number of hydrogen-bond donors (Lipinski definition) is 1. The van der Waals surface area contributed by atoms with E-state index in [2.05, 4.69) is 0 Å². The first kappa shape index (κ1) is 19.3. The fourth-order valence-corrected chi connectivity index (χ4v) is 3.52. The van der Waals surface area contributed by atoms with Gasteiger partial charge >= 0.3 is 0 Å². The summed E-state index contributed by atoms with van der Waals surface area (Å²) in [6.45, 7) is -0.399. The predicted molar refractivity (Wildman–Crippen MR) is 93.7 cm³/mol. The number of rotatable bonds is 6. The summed E-state index contributed by atoms with van der Waals surface area (Å²) in [5.41, 5.74) is -1.37. The largest absolute Gasteiger partial charge is 0.286 e. The van der Waals surface area contributed by atoms with Gasteiger partial charge in [-0.3, -0.25) is 39.3 Å². The Kier molecular flexibility index (Phi) is 4.56. The third-order valence-electron chi connectivity index (χ3n) is 4.18. The van der Waals surface area contributed by atoms with Crippen LogP contribution in [0, 0.1) is 20.2 Å². The second-order valence-corrected chi connectivity index (χ2v) is 7.57. The normalized spacial score (nSPS) is 13.8. The molecule has 0 aromatic heterocycles. The van der Waals surface area contributed by atoms with Crippen molar-refractivity contribution >= 4 is 44.1 Å². The van der Waals surface area contributed by atoms with Crippen LogP contribution in [-0.4, -0.2) is 51.8 Å². The Labute approximate surface area is 156 Å². The molecule has 1 N–H and O–H groups in total. The third-order valence-corrected chi connectivity index (χ3v) is 4.98. The van der Waals surface area contributed by atoms with Crippen molar-refractivity contribution < 1.29 is 32.4 Å². The molecule has 0 spiro atoms. The van der Waals surface area contributed by atoms with Crippen LogP contribution in [0.1, 0.15) is 27.1 Å². The molecule has 2 aromatic rings. The number of amides is 2. The fourth-order valence-electron chi connectivity index (χ4n) is 3.02. The fraction of sp³-hybridized carbons (Fsp3) is 0.200. The molecule has 0 bridgehead atoms. The SMILES string of the molecule is O=C1c2cc([N+](=O)[O-])cc3cc([N+](=O)[O-])cc(c23)C(=O)N1CCCS(=O)(=O)O. The minimum atomic E-state index is -4.32. The van der Waals surface area contributed by atoms with Crippen LogP contribution < -0.4 is 0 Å². The van der Waals surface area contributed by atoms with E-state index >= 15 is 0 Å². The molecule has 0 atom stereocenters. The van der Waals surface area contributed by atoms with Gasteiger partial charge in [0.15, 0.2) is 0 Å². The summed E-state index contributed by atoms with van der Waals surface area (Å²) in [7, 11) is -4.32. The number of nitro groups is 2. The number of benzene rings is 2. The Morgan fingerprint density at radius 2 is 1.39 bits per heavy atom. The predicted octanol–water partition coefficient (Wildman–Crippen LogP) is 1.53. The van der Waals surface area contributed by atoms with E-state index in [1.807, 2.05) is 0 Å². The second kappa shape index (κ2) is 6.61. The van der Waals surface area contributed by atoms with Crippen molar-refractivity contribution in [1.82, 2.24) is 4.90 Å². The third kappa shape index (κ3) is 3.39. The quantitative estimate of drug-likeness (QED) is 0.320. The standard InChI is InChI=1S/C15H11N3O9S/c19-14-11-6-9(17(21)22)4-8-5-10(18(23)24)7-12(13(8)11)15(20)16(14)2-1-3-28(25,26)27/h4-7H,1-3H2,(H,25,26,27). The first-order valence-corrected chi connectivity index (χ1v) is 9.32. The lowest BCUT2D eigenvalue weighted by molar-refractivity contribution is -0.385. The minimum Gasteiger partial charge on any atom is -0.286 e. The van der Waals surface area contributed by atoms with Gasteiger partial charge in [0.25, 0.3) is 33.3 Å². The van der Waals surface area contributed by atoms with Crippen LogP contribution in [0.15, 0.2) is 24.3 Å². The van der Waals surface area contributed by atoms with E-state index in [9.17, 15) is 38.2 Å². The van der Waals surface area contributed by atoms with E-state index in [0.717, 1.165) is 24.3 Å². The summed E-state index contributed by atoms with van der Waals surface area (Å²) in [6.07, 6.45) is -0.279. The van der Waals surface area contributed by atoms with Gasteiger partial charge in [-0.05, 0) is 11.8 Å². The van der Waals surface area contributed by atoms with Crippen LogP contribution in [0.4, 0.5) is 11.4 Å². The summed E-state index contributed by atoms with van der Waals surface area (Å²) in [4.78, 5) is 46.8. The topological polar surface area (TPSA) is 178 Å². The number of nitrogens with zero attached hydrogens (tertiary/aromatic N) is 3. The van der Waals surface area contributed by atoms with Crippen molar-refractivity contribution in [3.8, 4) is 0 Å². The van der Waals surface area contributed by atoms with E-state index in [4.69, 9.17) is 4.55 Å². The highest BCUT2D eigenvalue weighted by atomic mass is 32.2. The Balaban J connectivity index is 2.18. The molecule has 12 nitrogen and oxygen atoms in total. The molecular formula is C15H11N3O9S. The highest BCUT2D eigenvalue weighted by Crippen LogP contribution is 2.36. The number of carbonyl (C=O) groups is 2. The van der Waals surface area contributed by atoms with Gasteiger partial charge in [-0.2, -0.15) is 8.42 Å². The highest BCUT2D eigenvalue weighted by Gasteiger charge is 2.35. The molecule has 0 aliphatic carbocycles. The summed E-state index contributed by atoms with van der Waals surface area (Å²) in [5.74, 6) is -2.50. The molecule has 2 aromatic carbocycles. The van der Waals surface area contributed by atoms with Crippen molar-refractivity contribution in [1.29, 1.82) is 0 Å². The van der Waals surface area contributed by atoms with Crippen LogP contribution in [0.5, 0.6) is 0 Å². The summed E-state index contributed by atoms with van der Waals surface area (Å²) in [5, 5.41) is 22.4. The summed E-state index contributed by atoms with van der Waals surface area (Å²) in [6, 6.07) is 3.98. The molecule has 0 unspecified atom stereocenters. The molecule has 1 aliphatic rings. The van der Waals surface area contributed by atoms with E-state index in [1.165, 1.54) is 0 Å². The lowest BCUT2D eigenvalue weighted by atomic mass is 9.92. The Morgan fingerprint density at radius 1 is 0.929 bits per heavy atom. The molecule has 13 heteroatoms. The molecule has 0 saturated carbocycles. The summed E-state index contributed by atoms with van der Waals surface area (Å²) < 4.78 is 30.5. The van der Waals surface area contributed by atoms with Gasteiger partial charge in [-0.1, -0.05) is 0 Å². The average Bonchev–Trinajstić information content (AvgIpc) is 2.60. The number of non-ortho nitro benzene ring substituents is 2. The first-order chi connectivity index (χ1) is 13.0. The lowest BCUT2D eigenvalue weighted by Crippen LogP contribution is -2.41. The van der Waals surface area contributed by atoms with Gasteiger partial charge in [-0.25, -0.2) is 0 Å². The van der Waals surface area contributed by atoms with Crippen LogP contribution in [0.2, 0.25) is 0 Å². The van der Waals surface area contributed by atoms with E-state index < -0.39 is 55.5 Å². The van der Waals surface area contributed by atoms with Crippen molar-refractivity contribution in [2.45, 2.75) is 6.42 Å². The first-order valence-electron chi connectivity index (χ1n) is 7.71. The maximum Gasteiger partial charge on any atom is 0.270 e. The zero-order valence-electron chi connectivity index (χ0n) is 13.9. The van der Waals surface area contributed by atoms with Crippen molar-refractivity contribution in [3.63, 3.8) is 0 Å². The molecule has 28 heavy (non-hydrogen) atoms. The van der Waals surface area contributed by atoms with E-state index in [1.54, 1.807) is 0 Å². The zero-order valence-corrected chi connectivity index (χ0v) is 14.7. The monoisotopic (exact) mass is 409 g/mol. The molecule has 1 heterocycles. The Bertz CT molecular complexity index is 1100. The van der Waals surface area contributed by atoms with Crippen molar-refractivity contribution in [3.05, 3.63) is 55.6 Å². The average molecular weight is 409 g/mol. The van der Waals surface area contributed by atoms with Crippen LogP contribution in [0.25, 0.3) is 10.8 Å². The van der Waals surface area contributed by atoms with Crippen molar-refractivity contribution in [2.24, 2.45) is 0 Å². The second-order valence-electron chi connectivity index (χ2n) is 6.00. The van der Waals surface area contributed by atoms with E-state index in [0.29, 0.717) is 4.90 Å². The lowest BCUT2D eigenvalue weighted by Gasteiger charge is -2.26. The Hall–Kier alpha value is -3.45. The van der Waals surface area contributed by atoms with Gasteiger partial charge in [-0.15, -0.1) is 0 Å². The zero-order chi connectivity index (χ0) is 20.8. The van der Waals surface area contributed by atoms with Gasteiger partial charge in [0.2, 0.25) is 0 Å². The number of imide groups is 1. The maximum atomic E-state index is 12.7. The molecule has 0 fully saturated rings. The molecule has 1 aliphatic heterocycles. The van der Waals surface area contributed by atoms with Gasteiger partial charge in [0.1, 0.15) is 0 Å². The summed E-state index contributed by atoms with van der Waals surface area (Å²) >= 11 is 0. The number of hydrogen-bond acceptors (Lipinski definition) is 8. The maximum absolute atomic E-state index is 12.7. The van der Waals surface area contributed by atoms with Crippen LogP contribution in [-0.2, 0) is 10.1 Å². The molecular weight excluding hydrogens is 398 g/mol. The molecule has 0 radical (unpaired) electrons.